The molecule has 0 bridgehead atoms. The summed E-state index contributed by atoms with van der Waals surface area (Å²) in [5.41, 5.74) is 8.53. The summed E-state index contributed by atoms with van der Waals surface area (Å²) >= 11 is 4.99. The number of pyridine rings is 1. The van der Waals surface area contributed by atoms with E-state index in [9.17, 15) is 0 Å². The Kier molecular flexibility index (Phi) is 5.11. The fourth-order valence-corrected chi connectivity index (χ4v) is 2.07. The van der Waals surface area contributed by atoms with Crippen molar-refractivity contribution in [1.82, 2.24) is 4.98 Å². The van der Waals surface area contributed by atoms with Crippen molar-refractivity contribution in [2.24, 2.45) is 5.73 Å². The first kappa shape index (κ1) is 15.3. The number of nitrogens with zero attached hydrogens (tertiary/aromatic N) is 1. The van der Waals surface area contributed by atoms with Gasteiger partial charge in [0.15, 0.2) is 0 Å². The summed E-state index contributed by atoms with van der Waals surface area (Å²) in [7, 11) is 0. The fraction of sp³-hybridized carbons (Fsp3) is 0.250. The number of rotatable bonds is 6. The Morgan fingerprint density at radius 2 is 2.10 bits per heavy atom. The highest BCUT2D eigenvalue weighted by atomic mass is 32.1. The second-order valence-corrected chi connectivity index (χ2v) is 5.28. The summed E-state index contributed by atoms with van der Waals surface area (Å²) in [6.45, 7) is 5.16. The van der Waals surface area contributed by atoms with E-state index < -0.39 is 0 Å². The van der Waals surface area contributed by atoms with Crippen LogP contribution in [0.25, 0.3) is 0 Å². The highest BCUT2D eigenvalue weighted by Crippen LogP contribution is 2.13. The molecule has 1 aromatic heterocycles. The van der Waals surface area contributed by atoms with Crippen LogP contribution in [0.1, 0.15) is 16.8 Å². The number of thiocarbonyl (C=S) groups is 1. The van der Waals surface area contributed by atoms with Crippen molar-refractivity contribution in [2.75, 3.05) is 18.5 Å². The molecular weight excluding hydrogens is 282 g/mol. The lowest BCUT2D eigenvalue weighted by Crippen LogP contribution is -2.15. The lowest BCUT2D eigenvalue weighted by Gasteiger charge is -2.10. The molecule has 2 rings (SSSR count). The van der Waals surface area contributed by atoms with Crippen molar-refractivity contribution in [2.45, 2.75) is 13.8 Å². The summed E-state index contributed by atoms with van der Waals surface area (Å²) in [5, 5.41) is 3.21. The van der Waals surface area contributed by atoms with Gasteiger partial charge in [0, 0.05) is 11.3 Å². The monoisotopic (exact) mass is 301 g/mol. The molecule has 2 aromatic rings. The molecule has 1 aromatic carbocycles. The van der Waals surface area contributed by atoms with Crippen molar-refractivity contribution in [3.63, 3.8) is 0 Å². The van der Waals surface area contributed by atoms with E-state index in [1.807, 2.05) is 50.2 Å². The quantitative estimate of drug-likeness (QED) is 0.634. The summed E-state index contributed by atoms with van der Waals surface area (Å²) in [4.78, 5) is 4.77. The molecule has 21 heavy (non-hydrogen) atoms. The van der Waals surface area contributed by atoms with Gasteiger partial charge in [0.05, 0.1) is 6.54 Å². The van der Waals surface area contributed by atoms with Crippen LogP contribution in [0, 0.1) is 13.8 Å². The van der Waals surface area contributed by atoms with Crippen LogP contribution in [0.15, 0.2) is 36.4 Å². The zero-order valence-electron chi connectivity index (χ0n) is 12.2. The number of nitrogens with one attached hydrogen (secondary N) is 1. The van der Waals surface area contributed by atoms with E-state index >= 15 is 0 Å². The predicted octanol–water partition coefficient (Wildman–Crippen LogP) is 2.82. The van der Waals surface area contributed by atoms with Gasteiger partial charge < -0.3 is 15.8 Å². The molecule has 0 aliphatic rings. The first-order chi connectivity index (χ1) is 10.0. The van der Waals surface area contributed by atoms with Gasteiger partial charge in [-0.25, -0.2) is 4.98 Å². The molecule has 0 fully saturated rings. The molecule has 0 aliphatic carbocycles. The van der Waals surface area contributed by atoms with Crippen molar-refractivity contribution in [3.05, 3.63) is 53.2 Å². The maximum Gasteiger partial charge on any atom is 0.127 e. The van der Waals surface area contributed by atoms with Gasteiger partial charge in [-0.1, -0.05) is 24.4 Å². The molecule has 110 valence electrons. The van der Waals surface area contributed by atoms with Crippen molar-refractivity contribution in [3.8, 4) is 5.75 Å². The van der Waals surface area contributed by atoms with Crippen molar-refractivity contribution >= 4 is 23.0 Å². The van der Waals surface area contributed by atoms with E-state index in [1.165, 1.54) is 5.56 Å². The Morgan fingerprint density at radius 3 is 2.81 bits per heavy atom. The van der Waals surface area contributed by atoms with Crippen LogP contribution in [0.4, 0.5) is 5.82 Å². The zero-order chi connectivity index (χ0) is 15.2. The number of hydrogen-bond acceptors (Lipinski definition) is 4. The fourth-order valence-electron chi connectivity index (χ4n) is 1.95. The van der Waals surface area contributed by atoms with Gasteiger partial charge in [0.2, 0.25) is 0 Å². The van der Waals surface area contributed by atoms with E-state index in [2.05, 4.69) is 10.3 Å². The predicted molar refractivity (Wildman–Crippen MR) is 90.0 cm³/mol. The van der Waals surface area contributed by atoms with Gasteiger partial charge in [-0.15, -0.1) is 0 Å². The maximum absolute atomic E-state index is 5.68. The minimum Gasteiger partial charge on any atom is -0.492 e. The van der Waals surface area contributed by atoms with Gasteiger partial charge >= 0.3 is 0 Å². The second-order valence-electron chi connectivity index (χ2n) is 4.84. The first-order valence-electron chi connectivity index (χ1n) is 6.76. The number of hydrogen-bond donors (Lipinski definition) is 2. The molecule has 5 heteroatoms. The van der Waals surface area contributed by atoms with E-state index in [1.54, 1.807) is 0 Å². The van der Waals surface area contributed by atoms with Gasteiger partial charge in [-0.3, -0.25) is 0 Å². The average molecular weight is 301 g/mol. The normalized spacial score (nSPS) is 10.2. The molecule has 0 atom stereocenters. The van der Waals surface area contributed by atoms with E-state index in [4.69, 9.17) is 22.7 Å². The summed E-state index contributed by atoms with van der Waals surface area (Å²) in [5.74, 6) is 1.63. The lowest BCUT2D eigenvalue weighted by atomic mass is 10.2. The van der Waals surface area contributed by atoms with Gasteiger partial charge in [0.1, 0.15) is 23.2 Å². The lowest BCUT2D eigenvalue weighted by molar-refractivity contribution is 0.332. The number of aryl methyl sites for hydroxylation is 2. The van der Waals surface area contributed by atoms with Gasteiger partial charge in [-0.05, 0) is 43.7 Å². The Hall–Kier alpha value is -2.14. The van der Waals surface area contributed by atoms with Gasteiger partial charge in [-0.2, -0.15) is 0 Å². The molecule has 0 spiro atoms. The molecular formula is C16H19N3OS. The van der Waals surface area contributed by atoms with Crippen LogP contribution >= 0.6 is 12.2 Å². The van der Waals surface area contributed by atoms with Crippen LogP contribution in [-0.4, -0.2) is 23.1 Å². The molecule has 4 nitrogen and oxygen atoms in total. The number of aromatic nitrogens is 1. The van der Waals surface area contributed by atoms with E-state index in [-0.39, 0.29) is 0 Å². The van der Waals surface area contributed by atoms with Crippen LogP contribution in [-0.2, 0) is 0 Å². The van der Waals surface area contributed by atoms with Crippen LogP contribution in [0.2, 0.25) is 0 Å². The smallest absolute Gasteiger partial charge is 0.127 e. The topological polar surface area (TPSA) is 60.2 Å². The van der Waals surface area contributed by atoms with Crippen LogP contribution in [0.5, 0.6) is 5.75 Å². The van der Waals surface area contributed by atoms with Crippen molar-refractivity contribution < 1.29 is 4.74 Å². The molecule has 0 amide bonds. The third-order valence-electron chi connectivity index (χ3n) is 2.90. The third-order valence-corrected chi connectivity index (χ3v) is 3.14. The summed E-state index contributed by atoms with van der Waals surface area (Å²) < 4.78 is 5.68. The van der Waals surface area contributed by atoms with Crippen LogP contribution < -0.4 is 15.8 Å². The van der Waals surface area contributed by atoms with E-state index in [0.29, 0.717) is 18.1 Å². The van der Waals surface area contributed by atoms with Crippen LogP contribution in [0.3, 0.4) is 0 Å². The van der Waals surface area contributed by atoms with Gasteiger partial charge in [0.25, 0.3) is 0 Å². The minimum atomic E-state index is 0.375. The number of anilines is 1. The Morgan fingerprint density at radius 1 is 1.29 bits per heavy atom. The second kappa shape index (κ2) is 7.04. The molecule has 0 radical (unpaired) electrons. The summed E-state index contributed by atoms with van der Waals surface area (Å²) in [6, 6.07) is 11.7. The summed E-state index contributed by atoms with van der Waals surface area (Å²) in [6.07, 6.45) is 0. The standard InChI is InChI=1S/C16H19N3OS/c1-11-4-3-5-14(8-11)20-7-6-18-15-10-13(16(17)21)9-12(2)19-15/h3-5,8-10H,6-7H2,1-2H3,(H2,17,21)(H,18,19). The number of benzene rings is 1. The highest BCUT2D eigenvalue weighted by molar-refractivity contribution is 7.80. The SMILES string of the molecule is Cc1cccc(OCCNc2cc(C(N)=S)cc(C)n2)c1. The Bertz CT molecular complexity index is 643. The first-order valence-corrected chi connectivity index (χ1v) is 7.17. The molecule has 3 N–H and O–H groups in total. The molecule has 0 saturated heterocycles. The molecule has 0 saturated carbocycles. The molecule has 1 heterocycles. The molecule has 0 aliphatic heterocycles. The third kappa shape index (κ3) is 4.72. The number of ether oxygens (including phenoxy) is 1. The minimum absolute atomic E-state index is 0.375. The van der Waals surface area contributed by atoms with Crippen molar-refractivity contribution in [1.29, 1.82) is 0 Å². The maximum atomic E-state index is 5.68. The number of nitrogens with two attached hydrogens (primary N) is 1. The average Bonchev–Trinajstić information content (AvgIpc) is 2.43. The highest BCUT2D eigenvalue weighted by Gasteiger charge is 2.02. The zero-order valence-corrected chi connectivity index (χ0v) is 13.0. The molecule has 0 unspecified atom stereocenters. The Balaban J connectivity index is 1.87. The Labute approximate surface area is 130 Å². The largest absolute Gasteiger partial charge is 0.492 e. The van der Waals surface area contributed by atoms with E-state index in [0.717, 1.165) is 22.8 Å².